The van der Waals surface area contributed by atoms with Crippen LogP contribution in [0.4, 0.5) is 13.2 Å². The number of pyridine rings is 1. The minimum absolute atomic E-state index is 0.0150. The van der Waals surface area contributed by atoms with Crippen LogP contribution in [0, 0.1) is 22.7 Å². The van der Waals surface area contributed by atoms with Gasteiger partial charge in [0.2, 0.25) is 5.70 Å². The summed E-state index contributed by atoms with van der Waals surface area (Å²) in [7, 11) is 0. The van der Waals surface area contributed by atoms with Crippen molar-refractivity contribution in [1.82, 2.24) is 9.88 Å². The first-order valence-electron chi connectivity index (χ1n) is 14.3. The van der Waals surface area contributed by atoms with Gasteiger partial charge in [0.05, 0.1) is 33.1 Å². The lowest BCUT2D eigenvalue weighted by molar-refractivity contribution is -0.664. The zero-order chi connectivity index (χ0) is 30.8. The van der Waals surface area contributed by atoms with Crippen molar-refractivity contribution in [2.45, 2.75) is 89.4 Å². The Bertz CT molecular complexity index is 1240. The number of amides is 1. The summed E-state index contributed by atoms with van der Waals surface area (Å²) in [6, 6.07) is -1.71. The molecule has 13 heteroatoms. The van der Waals surface area contributed by atoms with E-state index in [-0.39, 0.29) is 66.1 Å². The molecule has 4 N–H and O–H groups in total. The number of nitrogens with zero attached hydrogens (tertiary/aromatic N) is 2. The Balaban J connectivity index is 1.68. The molecule has 3 fully saturated rings. The van der Waals surface area contributed by atoms with E-state index in [4.69, 9.17) is 28.6 Å². The highest BCUT2D eigenvalue weighted by molar-refractivity contribution is 6.40. The van der Waals surface area contributed by atoms with Crippen molar-refractivity contribution < 1.29 is 38.0 Å². The molecule has 1 aromatic rings. The average molecular weight is 633 g/mol. The number of carboxylic acid groups (broad SMARTS) is 1. The van der Waals surface area contributed by atoms with E-state index in [1.165, 1.54) is 12.4 Å². The van der Waals surface area contributed by atoms with Crippen LogP contribution in [0.2, 0.25) is 10.0 Å². The largest absolute Gasteiger partial charge is 0.481 e. The first-order chi connectivity index (χ1) is 19.8. The molecule has 1 amide bonds. The number of nitrogens with two attached hydrogens (primary N) is 1. The van der Waals surface area contributed by atoms with E-state index in [0.717, 1.165) is 42.3 Å². The normalized spacial score (nSPS) is 27.9. The van der Waals surface area contributed by atoms with E-state index >= 15 is 0 Å². The summed E-state index contributed by atoms with van der Waals surface area (Å²) in [4.78, 5) is 44.4. The van der Waals surface area contributed by atoms with Crippen molar-refractivity contribution >= 4 is 47.1 Å². The molecule has 1 saturated heterocycles. The maximum atomic E-state index is 14.5. The summed E-state index contributed by atoms with van der Waals surface area (Å²) >= 11 is 12.5. The van der Waals surface area contributed by atoms with Gasteiger partial charge in [0.25, 0.3) is 5.91 Å². The molecule has 1 aromatic heterocycles. The number of allylic oxidation sites excluding steroid dienone is 1. The maximum absolute atomic E-state index is 14.5. The number of hydrogen-bond donors (Lipinski definition) is 3. The zero-order valence-electron chi connectivity index (χ0n) is 23.4. The first kappa shape index (κ1) is 32.4. The van der Waals surface area contributed by atoms with Crippen LogP contribution in [0.3, 0.4) is 0 Å². The lowest BCUT2D eigenvalue weighted by Gasteiger charge is -2.33. The summed E-state index contributed by atoms with van der Waals surface area (Å²) in [6.07, 6.45) is 3.96. The number of carboxylic acids is 1. The number of hydrogen-bond acceptors (Lipinski definition) is 5. The van der Waals surface area contributed by atoms with Crippen LogP contribution in [-0.2, 0) is 9.59 Å². The van der Waals surface area contributed by atoms with Crippen molar-refractivity contribution in [3.63, 3.8) is 0 Å². The fourth-order valence-electron chi connectivity index (χ4n) is 6.74. The van der Waals surface area contributed by atoms with E-state index < -0.39 is 52.6 Å². The van der Waals surface area contributed by atoms with Crippen molar-refractivity contribution in [2.24, 2.45) is 17.3 Å². The number of carbonyl (C=O) groups is 3. The Kier molecular flexibility index (Phi) is 10.0. The Labute approximate surface area is 252 Å². The second-order valence-electron chi connectivity index (χ2n) is 12.0. The van der Waals surface area contributed by atoms with Crippen LogP contribution < -0.4 is 5.32 Å². The Morgan fingerprint density at radius 2 is 1.67 bits per heavy atom. The fraction of sp³-hybridized carbons (Fsp3) is 0.621. The third-order valence-electron chi connectivity index (χ3n) is 9.34. The van der Waals surface area contributed by atoms with Gasteiger partial charge in [-0.2, -0.15) is 13.2 Å². The van der Waals surface area contributed by atoms with Crippen LogP contribution in [-0.4, -0.2) is 63.7 Å². The van der Waals surface area contributed by atoms with Gasteiger partial charge in [-0.05, 0) is 38.0 Å². The molecular weight excluding hydrogens is 596 g/mol. The van der Waals surface area contributed by atoms with Gasteiger partial charge >= 0.3 is 12.1 Å². The number of alkyl halides is 3. The van der Waals surface area contributed by atoms with Crippen molar-refractivity contribution in [2.75, 3.05) is 6.54 Å². The minimum Gasteiger partial charge on any atom is -0.481 e. The average Bonchev–Trinajstić information content (AvgIpc) is 3.39. The van der Waals surface area contributed by atoms with E-state index in [0.29, 0.717) is 6.21 Å². The summed E-state index contributed by atoms with van der Waals surface area (Å²) < 4.78 is 43.4. The van der Waals surface area contributed by atoms with Crippen molar-refractivity contribution in [1.29, 1.82) is 5.41 Å². The summed E-state index contributed by atoms with van der Waals surface area (Å²) in [5, 5.41) is 18.3. The Hall–Kier alpha value is -2.50. The predicted molar refractivity (Wildman–Crippen MR) is 151 cm³/mol. The number of likely N-dealkylation sites (tertiary alicyclic amines) is 1. The second-order valence-corrected chi connectivity index (χ2v) is 12.9. The number of quaternary nitrogens is 1. The Morgan fingerprint density at radius 3 is 2.19 bits per heavy atom. The number of ketones is 1. The molecule has 2 heterocycles. The third kappa shape index (κ3) is 6.83. The lowest BCUT2D eigenvalue weighted by atomic mass is 9.74. The van der Waals surface area contributed by atoms with Crippen LogP contribution in [0.25, 0.3) is 0 Å². The molecule has 230 valence electrons. The van der Waals surface area contributed by atoms with Gasteiger partial charge in [-0.3, -0.25) is 19.4 Å². The molecule has 2 unspecified atom stereocenters. The molecule has 42 heavy (non-hydrogen) atoms. The summed E-state index contributed by atoms with van der Waals surface area (Å²) in [5.74, 6) is -2.48. The second kappa shape index (κ2) is 13.0. The van der Waals surface area contributed by atoms with Crippen LogP contribution >= 0.6 is 23.2 Å². The standard InChI is InChI=1S/C29H35Cl2F3N4O4/c1-28(27(41)42)9-7-18(8-10-28)37-25(29(32,33)34)19(12-35)26(40)38-15-17(16-5-3-2-4-6-16)11-22(38)24(39)23-20(30)13-36-14-21(23)31/h12-14,16-18,22,35,37H,2-11,15H2,1H3,(H,41,42)/p+1. The summed E-state index contributed by atoms with van der Waals surface area (Å²) in [5.41, 5.74) is -3.13. The van der Waals surface area contributed by atoms with Gasteiger partial charge in [-0.15, -0.1) is 0 Å². The number of Topliss-reactive ketones (excluding diaryl/α,β-unsaturated/α-hetero) is 1. The van der Waals surface area contributed by atoms with E-state index in [2.05, 4.69) is 4.98 Å². The quantitative estimate of drug-likeness (QED) is 0.200. The van der Waals surface area contributed by atoms with Gasteiger partial charge in [0, 0.05) is 38.0 Å². The van der Waals surface area contributed by atoms with Crippen LogP contribution in [0.15, 0.2) is 23.7 Å². The molecule has 1 aliphatic heterocycles. The van der Waals surface area contributed by atoms with Gasteiger partial charge in [0.15, 0.2) is 5.78 Å². The highest BCUT2D eigenvalue weighted by atomic mass is 35.5. The molecule has 2 saturated carbocycles. The topological polar surface area (TPSA) is 128 Å². The van der Waals surface area contributed by atoms with Gasteiger partial charge < -0.3 is 20.7 Å². The molecule has 2 aliphatic carbocycles. The molecule has 0 spiro atoms. The fourth-order valence-corrected chi connectivity index (χ4v) is 7.29. The number of halogens is 5. The van der Waals surface area contributed by atoms with E-state index in [1.54, 1.807) is 6.92 Å². The lowest BCUT2D eigenvalue weighted by Crippen LogP contribution is -2.91. The summed E-state index contributed by atoms with van der Waals surface area (Å²) in [6.45, 7) is 1.66. The molecule has 3 aliphatic rings. The Morgan fingerprint density at radius 1 is 1.07 bits per heavy atom. The molecule has 4 rings (SSSR count). The number of nitrogens with one attached hydrogen (secondary N) is 1. The number of rotatable bonds is 8. The van der Waals surface area contributed by atoms with Crippen LogP contribution in [0.5, 0.6) is 0 Å². The molecule has 0 bridgehead atoms. The predicted octanol–water partition coefficient (Wildman–Crippen LogP) is 5.43. The first-order valence-corrected chi connectivity index (χ1v) is 15.1. The number of aromatic nitrogens is 1. The van der Waals surface area contributed by atoms with Gasteiger partial charge in [-0.25, -0.2) is 0 Å². The molecule has 8 nitrogen and oxygen atoms in total. The number of aliphatic carboxylic acids is 1. The van der Waals surface area contributed by atoms with Crippen LogP contribution in [0.1, 0.15) is 81.5 Å². The van der Waals surface area contributed by atoms with Gasteiger partial charge in [-0.1, -0.05) is 55.3 Å². The van der Waals surface area contributed by atoms with E-state index in [1.807, 2.05) is 0 Å². The maximum Gasteiger partial charge on any atom is 0.467 e. The molecule has 0 radical (unpaired) electrons. The zero-order valence-corrected chi connectivity index (χ0v) is 24.9. The minimum atomic E-state index is -4.95. The molecule has 2 atom stereocenters. The van der Waals surface area contributed by atoms with Crippen molar-refractivity contribution in [3.8, 4) is 0 Å². The van der Waals surface area contributed by atoms with Gasteiger partial charge in [0.1, 0.15) is 5.57 Å². The third-order valence-corrected chi connectivity index (χ3v) is 9.91. The number of carbonyl (C=O) groups excluding carboxylic acids is 2. The smallest absolute Gasteiger partial charge is 0.467 e. The molecule has 0 aromatic carbocycles. The monoisotopic (exact) mass is 631 g/mol. The highest BCUT2D eigenvalue weighted by Gasteiger charge is 2.49. The highest BCUT2D eigenvalue weighted by Crippen LogP contribution is 2.41. The molecular formula is C29H36Cl2F3N4O4+. The SMILES string of the molecule is CC1(C(=O)O)CCC([NH2+]C(=C(C=N)C(=O)N2CC(C3CCCCC3)CC2C(=O)c2c(Cl)cncc2Cl)C(F)(F)F)CC1. The van der Waals surface area contributed by atoms with Crippen molar-refractivity contribution in [3.05, 3.63) is 39.3 Å². The van der Waals surface area contributed by atoms with E-state index in [9.17, 15) is 32.7 Å².